The van der Waals surface area contributed by atoms with E-state index in [1.165, 1.54) is 10.6 Å². The van der Waals surface area contributed by atoms with Gasteiger partial charge < -0.3 is 10.0 Å². The molecule has 0 atom stereocenters. The van der Waals surface area contributed by atoms with Gasteiger partial charge in [0.25, 0.3) is 5.56 Å². The van der Waals surface area contributed by atoms with Gasteiger partial charge in [0, 0.05) is 17.4 Å². The summed E-state index contributed by atoms with van der Waals surface area (Å²) in [5.41, 5.74) is 2.31. The third-order valence-corrected chi connectivity index (χ3v) is 6.29. The topological polar surface area (TPSA) is 46.1 Å². The zero-order chi connectivity index (χ0) is 21.6. The van der Waals surface area contributed by atoms with Crippen molar-refractivity contribution in [3.8, 4) is 0 Å². The predicted molar refractivity (Wildman–Crippen MR) is 121 cm³/mol. The predicted octanol–water partition coefficient (Wildman–Crippen LogP) is 6.25. The van der Waals surface area contributed by atoms with Crippen molar-refractivity contribution in [3.63, 3.8) is 0 Å². The van der Waals surface area contributed by atoms with Gasteiger partial charge in [-0.05, 0) is 75.2 Å². The Kier molecular flexibility index (Phi) is 8.14. The normalized spacial score (nSPS) is 14.0. The molecule has 2 aromatic rings. The largest absolute Gasteiger partial charge is 0.337 e. The van der Waals surface area contributed by atoms with E-state index < -0.39 is 0 Å². The lowest BCUT2D eigenvalue weighted by Gasteiger charge is -2.21. The molecule has 0 spiro atoms. The second-order valence-corrected chi connectivity index (χ2v) is 8.52. The molecular weight excluding hydrogens is 392 g/mol. The number of pyridine rings is 1. The van der Waals surface area contributed by atoms with E-state index in [9.17, 15) is 13.6 Å². The lowest BCUT2D eigenvalue weighted by atomic mass is 10.2. The Bertz CT molecular complexity index is 894. The Morgan fingerprint density at radius 3 is 2.45 bits per heavy atom. The van der Waals surface area contributed by atoms with Gasteiger partial charge in [-0.3, -0.25) is 13.8 Å². The lowest BCUT2D eigenvalue weighted by molar-refractivity contribution is 0.457. The van der Waals surface area contributed by atoms with Gasteiger partial charge in [-0.2, -0.15) is 0 Å². The van der Waals surface area contributed by atoms with Crippen LogP contribution in [0.1, 0.15) is 50.7 Å². The number of aromatic nitrogens is 1. The van der Waals surface area contributed by atoms with Gasteiger partial charge >= 0.3 is 0 Å². The molecule has 1 aromatic heterocycles. The molecule has 0 bridgehead atoms. The van der Waals surface area contributed by atoms with E-state index in [4.69, 9.17) is 0 Å². The van der Waals surface area contributed by atoms with Crippen LogP contribution >= 0.6 is 11.9 Å². The first-order chi connectivity index (χ1) is 13.8. The monoisotopic (exact) mass is 423 g/mol. The molecule has 29 heavy (non-hydrogen) atoms. The Labute approximate surface area is 176 Å². The molecule has 1 aliphatic carbocycles. The summed E-state index contributed by atoms with van der Waals surface area (Å²) in [6, 6.07) is 6.70. The number of hydrogen-bond donors (Lipinski definition) is 2. The van der Waals surface area contributed by atoms with E-state index in [0.29, 0.717) is 29.2 Å². The van der Waals surface area contributed by atoms with E-state index in [1.54, 1.807) is 38.1 Å². The minimum atomic E-state index is -0.372. The van der Waals surface area contributed by atoms with Gasteiger partial charge in [0.05, 0.1) is 18.0 Å². The fourth-order valence-corrected chi connectivity index (χ4v) is 4.10. The smallest absolute Gasteiger partial charge is 0.254 e. The summed E-state index contributed by atoms with van der Waals surface area (Å²) in [6.07, 6.45) is 3.47. The fraction of sp³-hybridized carbons (Fsp3) is 0.500. The van der Waals surface area contributed by atoms with E-state index in [-0.39, 0.29) is 22.8 Å². The molecule has 0 amide bonds. The minimum absolute atomic E-state index is 0.0566. The first-order valence-electron chi connectivity index (χ1n) is 10.1. The molecule has 1 heterocycles. The van der Waals surface area contributed by atoms with Crippen LogP contribution in [0.25, 0.3) is 0 Å². The number of aryl methyl sites for hydroxylation is 2. The van der Waals surface area contributed by atoms with Crippen LogP contribution in [0.3, 0.4) is 0 Å². The molecule has 1 saturated carbocycles. The van der Waals surface area contributed by atoms with Gasteiger partial charge in [0.2, 0.25) is 0 Å². The quantitative estimate of drug-likeness (QED) is 0.492. The second-order valence-electron chi connectivity index (χ2n) is 7.24. The van der Waals surface area contributed by atoms with Gasteiger partial charge in [0.1, 0.15) is 11.6 Å². The Balaban J connectivity index is 0.00000145. The van der Waals surface area contributed by atoms with E-state index in [2.05, 4.69) is 10.0 Å². The summed E-state index contributed by atoms with van der Waals surface area (Å²) in [4.78, 5) is 12.4. The first kappa shape index (κ1) is 23.3. The van der Waals surface area contributed by atoms with Crippen molar-refractivity contribution < 1.29 is 8.78 Å². The van der Waals surface area contributed by atoms with E-state index >= 15 is 0 Å². The van der Waals surface area contributed by atoms with E-state index in [1.807, 2.05) is 26.8 Å². The summed E-state index contributed by atoms with van der Waals surface area (Å²) in [5, 5.41) is 3.06. The van der Waals surface area contributed by atoms with Crippen LogP contribution in [-0.2, 0) is 7.05 Å². The molecule has 1 aromatic carbocycles. The number of rotatable bonds is 8. The Morgan fingerprint density at radius 1 is 1.17 bits per heavy atom. The number of hydrogen-bond acceptors (Lipinski definition) is 4. The average Bonchev–Trinajstić information content (AvgIpc) is 3.49. The van der Waals surface area contributed by atoms with Crippen molar-refractivity contribution in [2.75, 3.05) is 16.7 Å². The van der Waals surface area contributed by atoms with Crippen LogP contribution < -0.4 is 15.6 Å². The van der Waals surface area contributed by atoms with Crippen molar-refractivity contribution in [2.24, 2.45) is 7.05 Å². The summed E-state index contributed by atoms with van der Waals surface area (Å²) in [6.45, 7) is 7.27. The highest BCUT2D eigenvalue weighted by Gasteiger charge is 2.43. The summed E-state index contributed by atoms with van der Waals surface area (Å²) >= 11 is 1.57. The molecule has 0 unspecified atom stereocenters. The highest BCUT2D eigenvalue weighted by Crippen LogP contribution is 2.52. The van der Waals surface area contributed by atoms with Gasteiger partial charge in [0.15, 0.2) is 0 Å². The zero-order valence-corrected chi connectivity index (χ0v) is 18.7. The number of benzene rings is 1. The van der Waals surface area contributed by atoms with Crippen molar-refractivity contribution in [2.45, 2.75) is 58.1 Å². The van der Waals surface area contributed by atoms with Crippen molar-refractivity contribution >= 4 is 29.1 Å². The summed E-state index contributed by atoms with van der Waals surface area (Å²) in [5.74, 6) is 0.130. The van der Waals surface area contributed by atoms with Crippen LogP contribution in [0.15, 0.2) is 29.1 Å². The van der Waals surface area contributed by atoms with Gasteiger partial charge in [-0.1, -0.05) is 19.9 Å². The Morgan fingerprint density at radius 2 is 1.86 bits per heavy atom. The SMILES string of the molecule is CC.Cc1ccc(Nc2c(NSC3(CCCF)CC3)cc(C)c(=O)n2C)c(F)c1. The lowest BCUT2D eigenvalue weighted by Crippen LogP contribution is -2.23. The number of nitrogens with zero attached hydrogens (tertiary/aromatic N) is 1. The summed E-state index contributed by atoms with van der Waals surface area (Å²) < 4.78 is 31.7. The van der Waals surface area contributed by atoms with Crippen molar-refractivity contribution in [1.29, 1.82) is 0 Å². The van der Waals surface area contributed by atoms with Crippen LogP contribution in [0.5, 0.6) is 0 Å². The maximum atomic E-state index is 14.3. The standard InChI is InChI=1S/C20H25F2N3OS.C2H6/c1-13-5-6-16(15(22)11-13)23-18-17(12-14(2)19(26)25(18)3)24-27-20(8-9-20)7-4-10-21;1-2/h5-6,11-12,23-24H,4,7-10H2,1-3H3;1-2H3. The molecule has 4 nitrogen and oxygen atoms in total. The van der Waals surface area contributed by atoms with Crippen molar-refractivity contribution in [3.05, 3.63) is 51.6 Å². The minimum Gasteiger partial charge on any atom is -0.337 e. The van der Waals surface area contributed by atoms with Gasteiger partial charge in [-0.25, -0.2) is 4.39 Å². The van der Waals surface area contributed by atoms with Crippen molar-refractivity contribution in [1.82, 2.24) is 4.57 Å². The molecule has 2 N–H and O–H groups in total. The third-order valence-electron chi connectivity index (χ3n) is 4.92. The Hall–Kier alpha value is -2.02. The molecule has 160 valence electrons. The molecule has 0 radical (unpaired) electrons. The maximum absolute atomic E-state index is 14.3. The molecule has 3 rings (SSSR count). The molecule has 0 saturated heterocycles. The highest BCUT2D eigenvalue weighted by atomic mass is 32.2. The van der Waals surface area contributed by atoms with Crippen LogP contribution in [0.2, 0.25) is 0 Å². The summed E-state index contributed by atoms with van der Waals surface area (Å²) in [7, 11) is 1.66. The molecule has 1 fully saturated rings. The highest BCUT2D eigenvalue weighted by molar-refractivity contribution is 8.02. The number of nitrogens with one attached hydrogen (secondary N) is 2. The van der Waals surface area contributed by atoms with E-state index in [0.717, 1.165) is 24.8 Å². The number of alkyl halides is 1. The molecule has 7 heteroatoms. The number of anilines is 3. The maximum Gasteiger partial charge on any atom is 0.254 e. The fourth-order valence-electron chi connectivity index (χ4n) is 3.07. The molecule has 0 aliphatic heterocycles. The first-order valence-corrected chi connectivity index (χ1v) is 10.9. The average molecular weight is 424 g/mol. The van der Waals surface area contributed by atoms with Gasteiger partial charge in [-0.15, -0.1) is 0 Å². The zero-order valence-electron chi connectivity index (χ0n) is 17.9. The van der Waals surface area contributed by atoms with Crippen LogP contribution in [0.4, 0.5) is 26.0 Å². The molecule has 1 aliphatic rings. The van der Waals surface area contributed by atoms with Crippen LogP contribution in [0, 0.1) is 19.7 Å². The van der Waals surface area contributed by atoms with Crippen LogP contribution in [-0.4, -0.2) is 16.0 Å². The third kappa shape index (κ3) is 5.75. The molecular formula is C22H31F2N3OS. The second kappa shape index (κ2) is 10.1. The number of halogens is 2.